The van der Waals surface area contributed by atoms with Crippen molar-refractivity contribution in [2.24, 2.45) is 0 Å². The van der Waals surface area contributed by atoms with E-state index in [0.717, 1.165) is 6.07 Å². The number of hydrogen-bond acceptors (Lipinski definition) is 3. The highest BCUT2D eigenvalue weighted by Gasteiger charge is 2.09. The molecule has 1 N–H and O–H groups in total. The molecule has 5 heteroatoms. The molecule has 1 aromatic carbocycles. The van der Waals surface area contributed by atoms with Crippen molar-refractivity contribution in [1.29, 1.82) is 0 Å². The van der Waals surface area contributed by atoms with Gasteiger partial charge in [-0.1, -0.05) is 0 Å². The molecular formula is C13H17F2NO2. The van der Waals surface area contributed by atoms with Crippen molar-refractivity contribution in [3.63, 3.8) is 0 Å². The molecule has 0 aliphatic heterocycles. The highest BCUT2D eigenvalue weighted by atomic mass is 19.1. The van der Waals surface area contributed by atoms with E-state index in [1.54, 1.807) is 13.8 Å². The Labute approximate surface area is 105 Å². The first-order valence-electron chi connectivity index (χ1n) is 5.88. The second kappa shape index (κ2) is 7.06. The van der Waals surface area contributed by atoms with Crippen LogP contribution in [0.3, 0.4) is 0 Å². The lowest BCUT2D eigenvalue weighted by Crippen LogP contribution is -2.23. The second-order valence-corrected chi connectivity index (χ2v) is 3.93. The fourth-order valence-electron chi connectivity index (χ4n) is 1.57. The van der Waals surface area contributed by atoms with Crippen LogP contribution in [0.2, 0.25) is 0 Å². The van der Waals surface area contributed by atoms with Gasteiger partial charge in [-0.3, -0.25) is 4.79 Å². The predicted molar refractivity (Wildman–Crippen MR) is 64.0 cm³/mol. The molecule has 100 valence electrons. The van der Waals surface area contributed by atoms with Gasteiger partial charge in [0.25, 0.3) is 0 Å². The minimum atomic E-state index is -0.607. The molecule has 0 saturated carbocycles. The Morgan fingerprint density at radius 2 is 1.94 bits per heavy atom. The maximum absolute atomic E-state index is 13.0. The largest absolute Gasteiger partial charge is 0.466 e. The van der Waals surface area contributed by atoms with E-state index in [1.165, 1.54) is 12.1 Å². The molecule has 0 spiro atoms. The zero-order valence-corrected chi connectivity index (χ0v) is 10.5. The van der Waals surface area contributed by atoms with Crippen LogP contribution in [0.4, 0.5) is 8.78 Å². The number of ether oxygens (including phenoxy) is 1. The summed E-state index contributed by atoms with van der Waals surface area (Å²) in [4.78, 5) is 11.1. The molecule has 0 aromatic heterocycles. The molecule has 0 radical (unpaired) electrons. The van der Waals surface area contributed by atoms with Crippen molar-refractivity contribution in [3.8, 4) is 0 Å². The predicted octanol–water partition coefficient (Wildman–Crippen LogP) is 2.57. The minimum absolute atomic E-state index is 0.232. The van der Waals surface area contributed by atoms with Crippen LogP contribution < -0.4 is 5.32 Å². The topological polar surface area (TPSA) is 38.3 Å². The molecular weight excluding hydrogens is 240 g/mol. The molecule has 0 amide bonds. The van der Waals surface area contributed by atoms with Gasteiger partial charge in [0, 0.05) is 18.7 Å². The summed E-state index contributed by atoms with van der Waals surface area (Å²) in [7, 11) is 0. The van der Waals surface area contributed by atoms with Crippen molar-refractivity contribution in [2.45, 2.75) is 26.3 Å². The zero-order valence-electron chi connectivity index (χ0n) is 10.5. The van der Waals surface area contributed by atoms with Crippen molar-refractivity contribution in [2.75, 3.05) is 13.2 Å². The molecule has 0 aliphatic rings. The summed E-state index contributed by atoms with van der Waals surface area (Å²) in [6.45, 7) is 4.27. The van der Waals surface area contributed by atoms with Crippen LogP contribution >= 0.6 is 0 Å². The third-order valence-corrected chi connectivity index (χ3v) is 2.47. The van der Waals surface area contributed by atoms with Gasteiger partial charge in [-0.25, -0.2) is 8.78 Å². The zero-order chi connectivity index (χ0) is 13.5. The molecule has 0 saturated heterocycles. The van der Waals surface area contributed by atoms with Crippen molar-refractivity contribution in [3.05, 3.63) is 35.4 Å². The van der Waals surface area contributed by atoms with Crippen LogP contribution in [0.5, 0.6) is 0 Å². The first kappa shape index (κ1) is 14.6. The van der Waals surface area contributed by atoms with E-state index < -0.39 is 11.6 Å². The highest BCUT2D eigenvalue weighted by Crippen LogP contribution is 2.15. The van der Waals surface area contributed by atoms with Crippen LogP contribution in [0.25, 0.3) is 0 Å². The van der Waals surface area contributed by atoms with E-state index in [-0.39, 0.29) is 18.4 Å². The normalized spacial score (nSPS) is 12.2. The summed E-state index contributed by atoms with van der Waals surface area (Å²) in [6, 6.07) is 3.13. The molecule has 18 heavy (non-hydrogen) atoms. The van der Waals surface area contributed by atoms with Gasteiger partial charge < -0.3 is 10.1 Å². The van der Waals surface area contributed by atoms with Gasteiger partial charge in [0.15, 0.2) is 0 Å². The second-order valence-electron chi connectivity index (χ2n) is 3.93. The van der Waals surface area contributed by atoms with Crippen LogP contribution in [-0.2, 0) is 9.53 Å². The van der Waals surface area contributed by atoms with Gasteiger partial charge in [-0.2, -0.15) is 0 Å². The quantitative estimate of drug-likeness (QED) is 0.796. The average molecular weight is 257 g/mol. The average Bonchev–Trinajstić information content (AvgIpc) is 2.27. The smallest absolute Gasteiger partial charge is 0.307 e. The molecule has 1 aromatic rings. The third-order valence-electron chi connectivity index (χ3n) is 2.47. The van der Waals surface area contributed by atoms with Gasteiger partial charge in [-0.05, 0) is 31.5 Å². The Morgan fingerprint density at radius 3 is 2.50 bits per heavy atom. The summed E-state index contributed by atoms with van der Waals surface area (Å²) in [6.07, 6.45) is 0.232. The van der Waals surface area contributed by atoms with Crippen molar-refractivity contribution >= 4 is 5.97 Å². The fraction of sp³-hybridized carbons (Fsp3) is 0.462. The van der Waals surface area contributed by atoms with Crippen molar-refractivity contribution < 1.29 is 18.3 Å². The van der Waals surface area contributed by atoms with Gasteiger partial charge in [0.05, 0.1) is 13.0 Å². The Hall–Kier alpha value is -1.49. The van der Waals surface area contributed by atoms with Crippen LogP contribution in [0, 0.1) is 11.6 Å². The number of hydrogen-bond donors (Lipinski definition) is 1. The lowest BCUT2D eigenvalue weighted by molar-refractivity contribution is -0.143. The molecule has 0 fully saturated rings. The number of esters is 1. The SMILES string of the molecule is CCOC(=O)CCNC(C)c1cc(F)cc(F)c1. The van der Waals surface area contributed by atoms with E-state index in [9.17, 15) is 13.6 Å². The van der Waals surface area contributed by atoms with Gasteiger partial charge in [-0.15, -0.1) is 0 Å². The molecule has 0 heterocycles. The number of rotatable bonds is 6. The number of carbonyl (C=O) groups excluding carboxylic acids is 1. The first-order chi connectivity index (χ1) is 8.52. The summed E-state index contributed by atoms with van der Waals surface area (Å²) in [5.74, 6) is -1.50. The van der Waals surface area contributed by atoms with E-state index in [4.69, 9.17) is 4.74 Å². The Morgan fingerprint density at radius 1 is 1.33 bits per heavy atom. The minimum Gasteiger partial charge on any atom is -0.466 e. The monoisotopic (exact) mass is 257 g/mol. The first-order valence-corrected chi connectivity index (χ1v) is 5.88. The molecule has 1 unspecified atom stereocenters. The lowest BCUT2D eigenvalue weighted by Gasteiger charge is -2.14. The number of nitrogens with one attached hydrogen (secondary N) is 1. The van der Waals surface area contributed by atoms with Crippen LogP contribution in [0.15, 0.2) is 18.2 Å². The van der Waals surface area contributed by atoms with Crippen molar-refractivity contribution in [1.82, 2.24) is 5.32 Å². The van der Waals surface area contributed by atoms with Crippen LogP contribution in [-0.4, -0.2) is 19.1 Å². The molecule has 0 aliphatic carbocycles. The third kappa shape index (κ3) is 4.79. The maximum Gasteiger partial charge on any atom is 0.307 e. The summed E-state index contributed by atoms with van der Waals surface area (Å²) in [5.41, 5.74) is 0.511. The van der Waals surface area contributed by atoms with Gasteiger partial charge in [0.2, 0.25) is 0 Å². The number of halogens is 2. The van der Waals surface area contributed by atoms with E-state index in [1.807, 2.05) is 0 Å². The summed E-state index contributed by atoms with van der Waals surface area (Å²) in [5, 5.41) is 3.01. The summed E-state index contributed by atoms with van der Waals surface area (Å²) < 4.78 is 30.8. The Balaban J connectivity index is 2.45. The fourth-order valence-corrected chi connectivity index (χ4v) is 1.57. The van der Waals surface area contributed by atoms with Gasteiger partial charge >= 0.3 is 5.97 Å². The van der Waals surface area contributed by atoms with E-state index >= 15 is 0 Å². The van der Waals surface area contributed by atoms with E-state index in [2.05, 4.69) is 5.32 Å². The summed E-state index contributed by atoms with van der Waals surface area (Å²) >= 11 is 0. The maximum atomic E-state index is 13.0. The van der Waals surface area contributed by atoms with E-state index in [0.29, 0.717) is 18.7 Å². The molecule has 1 atom stereocenters. The molecule has 1 rings (SSSR count). The molecule has 3 nitrogen and oxygen atoms in total. The Kier molecular flexibility index (Phi) is 5.71. The standard InChI is InChI=1S/C13H17F2NO2/c1-3-18-13(17)4-5-16-9(2)10-6-11(14)8-12(15)7-10/h6-9,16H,3-5H2,1-2H3. The van der Waals surface area contributed by atoms with Gasteiger partial charge in [0.1, 0.15) is 11.6 Å². The number of carbonyl (C=O) groups is 1. The Bertz CT molecular complexity index is 390. The highest BCUT2D eigenvalue weighted by molar-refractivity contribution is 5.69. The van der Waals surface area contributed by atoms with Crippen LogP contribution in [0.1, 0.15) is 31.9 Å². The molecule has 0 bridgehead atoms. The number of benzene rings is 1. The lowest BCUT2D eigenvalue weighted by atomic mass is 10.1.